The van der Waals surface area contributed by atoms with Gasteiger partial charge in [-0.2, -0.15) is 5.10 Å². The van der Waals surface area contributed by atoms with Gasteiger partial charge < -0.3 is 10.1 Å². The van der Waals surface area contributed by atoms with Gasteiger partial charge in [-0.05, 0) is 54.3 Å². The first kappa shape index (κ1) is 17.2. The Morgan fingerprint density at radius 2 is 1.96 bits per heavy atom. The number of amides is 1. The Morgan fingerprint density at radius 1 is 1.20 bits per heavy atom. The third kappa shape index (κ3) is 4.48. The summed E-state index contributed by atoms with van der Waals surface area (Å²) in [6, 6.07) is 15.6. The van der Waals surface area contributed by atoms with Gasteiger partial charge in [-0.25, -0.2) is 0 Å². The van der Waals surface area contributed by atoms with Crippen LogP contribution in [0, 0.1) is 6.92 Å². The highest BCUT2D eigenvalue weighted by molar-refractivity contribution is 8.15. The number of thioether (sulfide) groups is 1. The van der Waals surface area contributed by atoms with E-state index in [1.165, 1.54) is 22.9 Å². The summed E-state index contributed by atoms with van der Waals surface area (Å²) < 4.78 is 5.11. The van der Waals surface area contributed by atoms with Crippen molar-refractivity contribution < 1.29 is 9.53 Å². The molecule has 5 nitrogen and oxygen atoms in total. The number of nitrogens with one attached hydrogen (secondary N) is 1. The van der Waals surface area contributed by atoms with Crippen LogP contribution in [0.3, 0.4) is 0 Å². The Kier molecular flexibility index (Phi) is 5.50. The summed E-state index contributed by atoms with van der Waals surface area (Å²) in [7, 11) is 1.63. The molecule has 0 spiro atoms. The van der Waals surface area contributed by atoms with Crippen molar-refractivity contribution in [1.82, 2.24) is 5.32 Å². The average Bonchev–Trinajstić information content (AvgIpc) is 2.97. The van der Waals surface area contributed by atoms with Crippen molar-refractivity contribution in [3.63, 3.8) is 0 Å². The molecule has 1 aliphatic rings. The standard InChI is InChI=1S/C19H19N3O2S/c1-13-5-3-4-6-15(13)11-17-18(23)21-19(25-17)22-20-12-14-7-9-16(24-2)10-8-14/h3-10,12,17H,11H2,1-2H3,(H,21,22,23)/b20-12-. The predicted molar refractivity (Wildman–Crippen MR) is 102 cm³/mol. The topological polar surface area (TPSA) is 63.1 Å². The second kappa shape index (κ2) is 7.98. The molecule has 2 aromatic rings. The maximum atomic E-state index is 12.1. The Morgan fingerprint density at radius 3 is 2.68 bits per heavy atom. The normalized spacial score (nSPS) is 18.7. The maximum Gasteiger partial charge on any atom is 0.239 e. The molecule has 1 N–H and O–H groups in total. The van der Waals surface area contributed by atoms with E-state index >= 15 is 0 Å². The maximum absolute atomic E-state index is 12.1. The van der Waals surface area contributed by atoms with Gasteiger partial charge in [0.15, 0.2) is 5.17 Å². The van der Waals surface area contributed by atoms with Crippen molar-refractivity contribution in [3.05, 3.63) is 65.2 Å². The summed E-state index contributed by atoms with van der Waals surface area (Å²) in [5, 5.41) is 11.3. The molecule has 0 aromatic heterocycles. The summed E-state index contributed by atoms with van der Waals surface area (Å²) in [5.74, 6) is 0.771. The number of benzene rings is 2. The molecule has 25 heavy (non-hydrogen) atoms. The van der Waals surface area contributed by atoms with Gasteiger partial charge in [-0.15, -0.1) is 5.10 Å². The van der Waals surface area contributed by atoms with E-state index in [4.69, 9.17) is 4.74 Å². The summed E-state index contributed by atoms with van der Waals surface area (Å²) in [6.07, 6.45) is 2.33. The molecule has 1 aliphatic heterocycles. The van der Waals surface area contributed by atoms with Crippen LogP contribution in [-0.4, -0.2) is 29.6 Å². The van der Waals surface area contributed by atoms with E-state index in [9.17, 15) is 4.79 Å². The number of carbonyl (C=O) groups is 1. The zero-order chi connectivity index (χ0) is 17.6. The Bertz CT molecular complexity index is 816. The minimum absolute atomic E-state index is 0.0216. The number of rotatable bonds is 5. The van der Waals surface area contributed by atoms with Crippen LogP contribution in [0.2, 0.25) is 0 Å². The molecule has 1 saturated heterocycles. The van der Waals surface area contributed by atoms with Crippen molar-refractivity contribution in [2.24, 2.45) is 10.2 Å². The van der Waals surface area contributed by atoms with Gasteiger partial charge in [-0.3, -0.25) is 4.79 Å². The van der Waals surface area contributed by atoms with Crippen LogP contribution in [0.5, 0.6) is 5.75 Å². The molecule has 2 aromatic carbocycles. The van der Waals surface area contributed by atoms with Crippen molar-refractivity contribution in [2.75, 3.05) is 7.11 Å². The molecule has 0 radical (unpaired) electrons. The van der Waals surface area contributed by atoms with Gasteiger partial charge in [0.25, 0.3) is 0 Å². The highest BCUT2D eigenvalue weighted by atomic mass is 32.2. The second-order valence-corrected chi connectivity index (χ2v) is 6.84. The lowest BCUT2D eigenvalue weighted by Crippen LogP contribution is -2.26. The Labute approximate surface area is 151 Å². The monoisotopic (exact) mass is 353 g/mol. The van der Waals surface area contributed by atoms with Crippen LogP contribution >= 0.6 is 11.8 Å². The van der Waals surface area contributed by atoms with Crippen LogP contribution in [0.1, 0.15) is 16.7 Å². The smallest absolute Gasteiger partial charge is 0.239 e. The SMILES string of the molecule is COc1ccc(/C=N\N=C2/NC(=O)C(Cc3ccccc3C)S2)cc1. The summed E-state index contributed by atoms with van der Waals surface area (Å²) >= 11 is 1.42. The summed E-state index contributed by atoms with van der Waals surface area (Å²) in [5.41, 5.74) is 3.29. The minimum Gasteiger partial charge on any atom is -0.497 e. The molecule has 3 rings (SSSR count). The molecule has 6 heteroatoms. The average molecular weight is 353 g/mol. The van der Waals surface area contributed by atoms with Crippen molar-refractivity contribution in [1.29, 1.82) is 0 Å². The summed E-state index contributed by atoms with van der Waals surface area (Å²) in [6.45, 7) is 2.06. The van der Waals surface area contributed by atoms with Crippen molar-refractivity contribution in [3.8, 4) is 5.75 Å². The lowest BCUT2D eigenvalue weighted by atomic mass is 10.0. The molecule has 1 heterocycles. The first-order chi connectivity index (χ1) is 12.2. The molecule has 128 valence electrons. The highest BCUT2D eigenvalue weighted by Crippen LogP contribution is 2.24. The van der Waals surface area contributed by atoms with E-state index in [0.29, 0.717) is 11.6 Å². The lowest BCUT2D eigenvalue weighted by Gasteiger charge is -2.07. The van der Waals surface area contributed by atoms with Gasteiger partial charge in [-0.1, -0.05) is 36.0 Å². The number of amidine groups is 1. The van der Waals surface area contributed by atoms with Crippen LogP contribution < -0.4 is 10.1 Å². The van der Waals surface area contributed by atoms with Crippen molar-refractivity contribution >= 4 is 29.1 Å². The Balaban J connectivity index is 1.62. The van der Waals surface area contributed by atoms with Crippen LogP contribution in [-0.2, 0) is 11.2 Å². The minimum atomic E-state index is -0.170. The van der Waals surface area contributed by atoms with E-state index in [1.807, 2.05) is 36.4 Å². The Hall–Kier alpha value is -2.60. The zero-order valence-electron chi connectivity index (χ0n) is 14.1. The molecule has 0 bridgehead atoms. The van der Waals surface area contributed by atoms with Crippen LogP contribution in [0.15, 0.2) is 58.7 Å². The van der Waals surface area contributed by atoms with Gasteiger partial charge in [0.2, 0.25) is 5.91 Å². The molecule has 0 saturated carbocycles. The second-order valence-electron chi connectivity index (χ2n) is 5.65. The van der Waals surface area contributed by atoms with E-state index in [2.05, 4.69) is 34.6 Å². The van der Waals surface area contributed by atoms with E-state index in [0.717, 1.165) is 11.3 Å². The molecule has 1 amide bonds. The van der Waals surface area contributed by atoms with E-state index < -0.39 is 0 Å². The number of carbonyl (C=O) groups excluding carboxylic acids is 1. The number of ether oxygens (including phenoxy) is 1. The number of hydrogen-bond donors (Lipinski definition) is 1. The number of methoxy groups -OCH3 is 1. The first-order valence-electron chi connectivity index (χ1n) is 7.93. The first-order valence-corrected chi connectivity index (χ1v) is 8.81. The largest absolute Gasteiger partial charge is 0.497 e. The van der Waals surface area contributed by atoms with Crippen LogP contribution in [0.25, 0.3) is 0 Å². The quantitative estimate of drug-likeness (QED) is 0.663. The van der Waals surface area contributed by atoms with Gasteiger partial charge >= 0.3 is 0 Å². The van der Waals surface area contributed by atoms with Gasteiger partial charge in [0.05, 0.1) is 18.6 Å². The highest BCUT2D eigenvalue weighted by Gasteiger charge is 2.30. The summed E-state index contributed by atoms with van der Waals surface area (Å²) in [4.78, 5) is 12.1. The van der Waals surface area contributed by atoms with Crippen LogP contribution in [0.4, 0.5) is 0 Å². The zero-order valence-corrected chi connectivity index (χ0v) is 14.9. The third-order valence-corrected chi connectivity index (χ3v) is 4.99. The fraction of sp³-hybridized carbons (Fsp3) is 0.211. The van der Waals surface area contributed by atoms with Gasteiger partial charge in [0, 0.05) is 0 Å². The third-order valence-electron chi connectivity index (χ3n) is 3.91. The van der Waals surface area contributed by atoms with Gasteiger partial charge in [0.1, 0.15) is 5.75 Å². The number of nitrogens with zero attached hydrogens (tertiary/aromatic N) is 2. The number of hydrogen-bond acceptors (Lipinski definition) is 5. The number of aryl methyl sites for hydroxylation is 1. The van der Waals surface area contributed by atoms with E-state index in [1.54, 1.807) is 13.3 Å². The van der Waals surface area contributed by atoms with E-state index in [-0.39, 0.29) is 11.2 Å². The fourth-order valence-corrected chi connectivity index (χ4v) is 3.42. The molecule has 1 fully saturated rings. The van der Waals surface area contributed by atoms with Crippen molar-refractivity contribution in [2.45, 2.75) is 18.6 Å². The molecule has 0 aliphatic carbocycles. The molecule has 1 unspecified atom stereocenters. The molecular weight excluding hydrogens is 334 g/mol. The predicted octanol–water partition coefficient (Wildman–Crippen LogP) is 3.17. The fourth-order valence-electron chi connectivity index (χ4n) is 2.46. The molecular formula is C19H19N3O2S. The molecule has 1 atom stereocenters. The lowest BCUT2D eigenvalue weighted by molar-refractivity contribution is -0.118.